The van der Waals surface area contributed by atoms with E-state index in [1.807, 2.05) is 0 Å². The van der Waals surface area contributed by atoms with E-state index >= 15 is 0 Å². The average Bonchev–Trinajstić information content (AvgIpc) is 3.08. The fourth-order valence-electron chi connectivity index (χ4n) is 3.78. The lowest BCUT2D eigenvalue weighted by Gasteiger charge is -2.34. The van der Waals surface area contributed by atoms with Crippen LogP contribution < -0.4 is 4.74 Å². The van der Waals surface area contributed by atoms with Gasteiger partial charge in [0.2, 0.25) is 0 Å². The number of para-hydroxylation sites is 2. The zero-order chi connectivity index (χ0) is 22.0. The number of rotatable bonds is 6. The maximum absolute atomic E-state index is 13.6. The summed E-state index contributed by atoms with van der Waals surface area (Å²) < 4.78 is 68.8. The Morgan fingerprint density at radius 2 is 1.48 bits per heavy atom. The van der Waals surface area contributed by atoms with Gasteiger partial charge in [0.1, 0.15) is 11.6 Å². The van der Waals surface area contributed by atoms with Gasteiger partial charge in [-0.25, -0.2) is 4.98 Å². The van der Waals surface area contributed by atoms with Crippen LogP contribution in [0.2, 0.25) is 0 Å². The second kappa shape index (κ2) is 8.80. The predicted octanol–water partition coefficient (Wildman–Crippen LogP) is 4.65. The summed E-state index contributed by atoms with van der Waals surface area (Å²) in [6.07, 6.45) is -4.71. The van der Waals surface area contributed by atoms with Crippen LogP contribution in [0.25, 0.3) is 11.0 Å². The molecule has 1 saturated heterocycles. The first-order valence-electron chi connectivity index (χ1n) is 9.82. The van der Waals surface area contributed by atoms with Crippen molar-refractivity contribution in [1.29, 1.82) is 0 Å². The topological polar surface area (TPSA) is 33.5 Å². The number of halogens is 5. The van der Waals surface area contributed by atoms with Gasteiger partial charge in [-0.05, 0) is 29.8 Å². The van der Waals surface area contributed by atoms with Gasteiger partial charge in [0.25, 0.3) is 0 Å². The van der Waals surface area contributed by atoms with Crippen LogP contribution in [0.15, 0.2) is 48.5 Å². The normalized spacial score (nSPS) is 16.3. The third-order valence-electron chi connectivity index (χ3n) is 5.26. The molecule has 1 aliphatic heterocycles. The van der Waals surface area contributed by atoms with Gasteiger partial charge in [-0.15, -0.1) is 13.2 Å². The van der Waals surface area contributed by atoms with Crippen molar-refractivity contribution in [3.05, 3.63) is 59.9 Å². The van der Waals surface area contributed by atoms with Crippen molar-refractivity contribution in [3.8, 4) is 5.75 Å². The minimum Gasteiger partial charge on any atom is -0.406 e. The summed E-state index contributed by atoms with van der Waals surface area (Å²) in [4.78, 5) is 8.64. The highest BCUT2D eigenvalue weighted by molar-refractivity contribution is 5.75. The second-order valence-electron chi connectivity index (χ2n) is 7.41. The van der Waals surface area contributed by atoms with Crippen LogP contribution in [0, 0.1) is 0 Å². The minimum atomic E-state index is -4.71. The first kappa shape index (κ1) is 21.5. The highest BCUT2D eigenvalue weighted by Gasteiger charge is 2.31. The van der Waals surface area contributed by atoms with Gasteiger partial charge in [0, 0.05) is 32.7 Å². The first-order chi connectivity index (χ1) is 14.8. The van der Waals surface area contributed by atoms with Crippen LogP contribution in [0.1, 0.15) is 17.9 Å². The zero-order valence-electron chi connectivity index (χ0n) is 16.5. The van der Waals surface area contributed by atoms with E-state index in [2.05, 4.69) is 19.5 Å². The summed E-state index contributed by atoms with van der Waals surface area (Å²) in [6, 6.07) is 12.7. The van der Waals surface area contributed by atoms with E-state index in [0.717, 1.165) is 23.2 Å². The molecule has 4 rings (SSSR count). The molecule has 1 fully saturated rings. The maximum Gasteiger partial charge on any atom is 0.573 e. The van der Waals surface area contributed by atoms with Gasteiger partial charge in [0.05, 0.1) is 17.6 Å². The molecular weight excluding hydrogens is 419 g/mol. The highest BCUT2D eigenvalue weighted by atomic mass is 19.4. The molecule has 3 aromatic rings. The summed E-state index contributed by atoms with van der Waals surface area (Å²) in [7, 11) is 0. The van der Waals surface area contributed by atoms with Crippen LogP contribution in [0.5, 0.6) is 5.75 Å². The molecular formula is C21H21F5N4O. The molecule has 0 unspecified atom stereocenters. The average molecular weight is 440 g/mol. The van der Waals surface area contributed by atoms with Crippen molar-refractivity contribution >= 4 is 11.0 Å². The van der Waals surface area contributed by atoms with Crippen LogP contribution in [0.4, 0.5) is 22.0 Å². The molecule has 2 aromatic carbocycles. The van der Waals surface area contributed by atoms with Gasteiger partial charge < -0.3 is 4.74 Å². The van der Waals surface area contributed by atoms with Gasteiger partial charge in [0.15, 0.2) is 0 Å². The standard InChI is InChI=1S/C21H21F5N4O/c22-20(23)30-18-4-2-1-3-17(18)27-19(30)14-29-11-9-28(10-12-29)13-15-5-7-16(8-6-15)31-21(24,25)26/h1-8,20H,9-14H2. The summed E-state index contributed by atoms with van der Waals surface area (Å²) in [6.45, 7) is 1.06. The molecule has 0 bridgehead atoms. The van der Waals surface area contributed by atoms with E-state index in [1.54, 1.807) is 36.4 Å². The van der Waals surface area contributed by atoms with E-state index in [1.165, 1.54) is 12.1 Å². The van der Waals surface area contributed by atoms with Crippen molar-refractivity contribution in [3.63, 3.8) is 0 Å². The fourth-order valence-corrected chi connectivity index (χ4v) is 3.78. The molecule has 10 heteroatoms. The van der Waals surface area contributed by atoms with Crippen molar-refractivity contribution in [2.75, 3.05) is 26.2 Å². The molecule has 0 amide bonds. The summed E-state index contributed by atoms with van der Waals surface area (Å²) in [5.74, 6) is 0.0906. The Labute approximate surface area is 175 Å². The molecule has 31 heavy (non-hydrogen) atoms. The lowest BCUT2D eigenvalue weighted by atomic mass is 10.2. The maximum atomic E-state index is 13.6. The molecule has 1 aromatic heterocycles. The third kappa shape index (κ3) is 5.31. The molecule has 2 heterocycles. The summed E-state index contributed by atoms with van der Waals surface area (Å²) in [5.41, 5.74) is 1.85. The Balaban J connectivity index is 1.33. The Hall–Kier alpha value is -2.72. The van der Waals surface area contributed by atoms with Crippen LogP contribution in [0.3, 0.4) is 0 Å². The number of hydrogen-bond acceptors (Lipinski definition) is 4. The van der Waals surface area contributed by atoms with Crippen LogP contribution in [-0.2, 0) is 13.1 Å². The number of piperazine rings is 1. The number of hydrogen-bond donors (Lipinski definition) is 0. The van der Waals surface area contributed by atoms with Crippen molar-refractivity contribution in [2.45, 2.75) is 26.0 Å². The van der Waals surface area contributed by atoms with Crippen molar-refractivity contribution in [1.82, 2.24) is 19.4 Å². The molecule has 166 valence electrons. The number of ether oxygens (including phenoxy) is 1. The predicted molar refractivity (Wildman–Crippen MR) is 105 cm³/mol. The third-order valence-corrected chi connectivity index (χ3v) is 5.26. The molecule has 0 radical (unpaired) electrons. The summed E-state index contributed by atoms with van der Waals surface area (Å²) >= 11 is 0. The molecule has 0 saturated carbocycles. The zero-order valence-corrected chi connectivity index (χ0v) is 16.5. The summed E-state index contributed by atoms with van der Waals surface area (Å²) in [5, 5.41) is 0. The van der Waals surface area contributed by atoms with E-state index in [9.17, 15) is 22.0 Å². The first-order valence-corrected chi connectivity index (χ1v) is 9.82. The number of nitrogens with zero attached hydrogens (tertiary/aromatic N) is 4. The highest BCUT2D eigenvalue weighted by Crippen LogP contribution is 2.25. The molecule has 0 spiro atoms. The molecule has 0 N–H and O–H groups in total. The Bertz CT molecular complexity index is 1010. The molecule has 0 atom stereocenters. The molecule has 5 nitrogen and oxygen atoms in total. The van der Waals surface area contributed by atoms with Gasteiger partial charge in [-0.2, -0.15) is 8.78 Å². The Kier molecular flexibility index (Phi) is 6.10. The molecule has 0 aliphatic carbocycles. The number of fused-ring (bicyclic) bond motifs is 1. The van der Waals surface area contributed by atoms with Crippen molar-refractivity contribution < 1.29 is 26.7 Å². The van der Waals surface area contributed by atoms with Gasteiger partial charge >= 0.3 is 12.9 Å². The van der Waals surface area contributed by atoms with Gasteiger partial charge in [-0.1, -0.05) is 24.3 Å². The van der Waals surface area contributed by atoms with E-state index < -0.39 is 12.9 Å². The minimum absolute atomic E-state index is 0.247. The number of benzene rings is 2. The fraction of sp³-hybridized carbons (Fsp3) is 0.381. The van der Waals surface area contributed by atoms with Gasteiger partial charge in [-0.3, -0.25) is 14.4 Å². The monoisotopic (exact) mass is 440 g/mol. The van der Waals surface area contributed by atoms with E-state index in [4.69, 9.17) is 0 Å². The smallest absolute Gasteiger partial charge is 0.406 e. The quantitative estimate of drug-likeness (QED) is 0.523. The second-order valence-corrected chi connectivity index (χ2v) is 7.41. The van der Waals surface area contributed by atoms with Crippen LogP contribution in [-0.4, -0.2) is 51.9 Å². The molecule has 1 aliphatic rings. The number of alkyl halides is 5. The lowest BCUT2D eigenvalue weighted by molar-refractivity contribution is -0.274. The van der Waals surface area contributed by atoms with E-state index in [0.29, 0.717) is 43.0 Å². The Morgan fingerprint density at radius 3 is 2.10 bits per heavy atom. The SMILES string of the molecule is FC(F)n1c(CN2CCN(Cc3ccc(OC(F)(F)F)cc3)CC2)nc2ccccc21. The number of aromatic nitrogens is 2. The van der Waals surface area contributed by atoms with Crippen molar-refractivity contribution in [2.24, 2.45) is 0 Å². The van der Waals surface area contributed by atoms with Crippen LogP contribution >= 0.6 is 0 Å². The lowest BCUT2D eigenvalue weighted by Crippen LogP contribution is -2.45. The largest absolute Gasteiger partial charge is 0.573 e. The van der Waals surface area contributed by atoms with E-state index in [-0.39, 0.29) is 5.75 Å². The number of imidazole rings is 1. The Morgan fingerprint density at radius 1 is 0.871 bits per heavy atom.